The number of aryl methyl sites for hydroxylation is 2. The summed E-state index contributed by atoms with van der Waals surface area (Å²) < 4.78 is 0. The first-order valence-electron chi connectivity index (χ1n) is 6.74. The van der Waals surface area contributed by atoms with Gasteiger partial charge in [-0.1, -0.05) is 18.2 Å². The molecule has 0 N–H and O–H groups in total. The average Bonchev–Trinajstić information content (AvgIpc) is 2.93. The van der Waals surface area contributed by atoms with E-state index in [0.717, 1.165) is 17.7 Å². The van der Waals surface area contributed by atoms with E-state index < -0.39 is 0 Å². The highest BCUT2D eigenvalue weighted by Crippen LogP contribution is 2.61. The lowest BCUT2D eigenvalue weighted by Crippen LogP contribution is -2.24. The molecule has 17 heavy (non-hydrogen) atoms. The summed E-state index contributed by atoms with van der Waals surface area (Å²) in [6.45, 7) is 4.39. The first-order valence-corrected chi connectivity index (χ1v) is 7.27. The summed E-state index contributed by atoms with van der Waals surface area (Å²) in [5.74, 6) is 2.87. The van der Waals surface area contributed by atoms with E-state index in [4.69, 9.17) is 11.6 Å². The van der Waals surface area contributed by atoms with Gasteiger partial charge in [0.2, 0.25) is 0 Å². The van der Waals surface area contributed by atoms with Crippen molar-refractivity contribution in [3.63, 3.8) is 0 Å². The van der Waals surface area contributed by atoms with Gasteiger partial charge in [0.15, 0.2) is 0 Å². The minimum Gasteiger partial charge on any atom is -0.126 e. The van der Waals surface area contributed by atoms with Gasteiger partial charge in [0.05, 0.1) is 0 Å². The molecule has 1 aromatic rings. The molecular formula is C16H21Cl. The summed E-state index contributed by atoms with van der Waals surface area (Å²) >= 11 is 6.27. The summed E-state index contributed by atoms with van der Waals surface area (Å²) in [4.78, 5) is 0. The van der Waals surface area contributed by atoms with E-state index in [9.17, 15) is 0 Å². The van der Waals surface area contributed by atoms with Crippen molar-refractivity contribution in [2.24, 2.45) is 17.3 Å². The lowest BCUT2D eigenvalue weighted by atomic mass is 9.79. The molecule has 0 nitrogen and oxygen atoms in total. The van der Waals surface area contributed by atoms with Crippen LogP contribution in [0.2, 0.25) is 0 Å². The van der Waals surface area contributed by atoms with Gasteiger partial charge in [-0.25, -0.2) is 0 Å². The largest absolute Gasteiger partial charge is 0.126 e. The van der Waals surface area contributed by atoms with Crippen molar-refractivity contribution in [2.75, 3.05) is 5.88 Å². The smallest absolute Gasteiger partial charge is 0.0283 e. The maximum absolute atomic E-state index is 6.27. The second-order valence-electron chi connectivity index (χ2n) is 6.39. The molecule has 0 saturated heterocycles. The van der Waals surface area contributed by atoms with Crippen molar-refractivity contribution >= 4 is 11.6 Å². The van der Waals surface area contributed by atoms with Gasteiger partial charge in [0, 0.05) is 5.88 Å². The zero-order valence-corrected chi connectivity index (χ0v) is 11.6. The topological polar surface area (TPSA) is 0 Å². The van der Waals surface area contributed by atoms with Gasteiger partial charge in [0.1, 0.15) is 0 Å². The van der Waals surface area contributed by atoms with Crippen molar-refractivity contribution in [1.82, 2.24) is 0 Å². The summed E-state index contributed by atoms with van der Waals surface area (Å²) in [5.41, 5.74) is 4.70. The van der Waals surface area contributed by atoms with Gasteiger partial charge >= 0.3 is 0 Å². The molecule has 1 aromatic carbocycles. The highest BCUT2D eigenvalue weighted by Gasteiger charge is 2.53. The van der Waals surface area contributed by atoms with Crippen molar-refractivity contribution in [3.8, 4) is 0 Å². The highest BCUT2D eigenvalue weighted by atomic mass is 35.5. The number of alkyl halides is 1. The van der Waals surface area contributed by atoms with Crippen LogP contribution in [0.15, 0.2) is 18.2 Å². The Hall–Kier alpha value is -0.490. The lowest BCUT2D eigenvalue weighted by Gasteiger charge is -2.28. The van der Waals surface area contributed by atoms with Crippen LogP contribution >= 0.6 is 11.6 Å². The fourth-order valence-corrected chi connectivity index (χ4v) is 3.97. The van der Waals surface area contributed by atoms with Gasteiger partial charge in [0.25, 0.3) is 0 Å². The lowest BCUT2D eigenvalue weighted by molar-refractivity contribution is 0.303. The number of hydrogen-bond acceptors (Lipinski definition) is 0. The van der Waals surface area contributed by atoms with Crippen LogP contribution in [-0.4, -0.2) is 5.88 Å². The molecular weight excluding hydrogens is 228 g/mol. The molecule has 3 rings (SSSR count). The van der Waals surface area contributed by atoms with Crippen molar-refractivity contribution < 1.29 is 0 Å². The van der Waals surface area contributed by atoms with Gasteiger partial charge < -0.3 is 0 Å². The highest BCUT2D eigenvalue weighted by molar-refractivity contribution is 6.18. The van der Waals surface area contributed by atoms with Crippen LogP contribution in [0.5, 0.6) is 0 Å². The first-order chi connectivity index (χ1) is 8.12. The molecule has 0 radical (unpaired) electrons. The predicted octanol–water partition coefficient (Wildman–Crippen LogP) is 4.50. The fraction of sp³-hybridized carbons (Fsp3) is 0.625. The van der Waals surface area contributed by atoms with Gasteiger partial charge in [-0.05, 0) is 73.5 Å². The van der Waals surface area contributed by atoms with E-state index in [1.54, 1.807) is 0 Å². The zero-order chi connectivity index (χ0) is 12.0. The Kier molecular flexibility index (Phi) is 2.74. The van der Waals surface area contributed by atoms with Gasteiger partial charge in [-0.3, -0.25) is 0 Å². The Morgan fingerprint density at radius 2 is 1.88 bits per heavy atom. The summed E-state index contributed by atoms with van der Waals surface area (Å²) in [6, 6.07) is 6.90. The standard InChI is InChI=1S/C16H21Cl/c1-11-3-4-13(5-12(11)2)7-16(10-17)8-14-6-15(14)9-16/h3-5,14-15H,6-10H2,1-2H3. The summed E-state index contributed by atoms with van der Waals surface area (Å²) in [6.07, 6.45) is 5.40. The minimum absolute atomic E-state index is 0.414. The molecule has 0 aromatic heterocycles. The summed E-state index contributed by atoms with van der Waals surface area (Å²) in [7, 11) is 0. The summed E-state index contributed by atoms with van der Waals surface area (Å²) in [5, 5.41) is 0. The van der Waals surface area contributed by atoms with Crippen molar-refractivity contribution in [3.05, 3.63) is 34.9 Å². The van der Waals surface area contributed by atoms with E-state index in [1.807, 2.05) is 0 Å². The minimum atomic E-state index is 0.414. The van der Waals surface area contributed by atoms with E-state index in [2.05, 4.69) is 32.0 Å². The number of benzene rings is 1. The van der Waals surface area contributed by atoms with E-state index in [0.29, 0.717) is 5.41 Å². The van der Waals surface area contributed by atoms with Crippen molar-refractivity contribution in [1.29, 1.82) is 0 Å². The van der Waals surface area contributed by atoms with E-state index in [1.165, 1.54) is 42.4 Å². The van der Waals surface area contributed by atoms with Crippen LogP contribution in [0.4, 0.5) is 0 Å². The third-order valence-electron chi connectivity index (χ3n) is 4.89. The van der Waals surface area contributed by atoms with Crippen LogP contribution in [0.1, 0.15) is 36.0 Å². The molecule has 0 heterocycles. The molecule has 2 aliphatic carbocycles. The molecule has 2 aliphatic rings. The maximum Gasteiger partial charge on any atom is 0.0283 e. The molecule has 0 amide bonds. The van der Waals surface area contributed by atoms with Gasteiger partial charge in [-0.15, -0.1) is 11.6 Å². The fourth-order valence-electron chi connectivity index (χ4n) is 3.65. The Morgan fingerprint density at radius 3 is 2.47 bits per heavy atom. The molecule has 92 valence electrons. The Labute approximate surface area is 109 Å². The van der Waals surface area contributed by atoms with E-state index >= 15 is 0 Å². The maximum atomic E-state index is 6.27. The predicted molar refractivity (Wildman–Crippen MR) is 73.6 cm³/mol. The third kappa shape index (κ3) is 2.12. The first kappa shape index (κ1) is 11.6. The normalized spacial score (nSPS) is 34.8. The second kappa shape index (κ2) is 4.02. The average molecular weight is 249 g/mol. The van der Waals surface area contributed by atoms with E-state index in [-0.39, 0.29) is 0 Å². The third-order valence-corrected chi connectivity index (χ3v) is 5.46. The quantitative estimate of drug-likeness (QED) is 0.691. The SMILES string of the molecule is Cc1ccc(CC2(CCl)CC3CC3C2)cc1C. The number of hydrogen-bond donors (Lipinski definition) is 0. The van der Waals surface area contributed by atoms with Crippen LogP contribution in [0.25, 0.3) is 0 Å². The molecule has 0 aliphatic heterocycles. The molecule has 0 spiro atoms. The zero-order valence-electron chi connectivity index (χ0n) is 10.8. The molecule has 0 bridgehead atoms. The van der Waals surface area contributed by atoms with Gasteiger partial charge in [-0.2, -0.15) is 0 Å². The van der Waals surface area contributed by atoms with Crippen LogP contribution < -0.4 is 0 Å². The Bertz CT molecular complexity index is 425. The molecule has 2 fully saturated rings. The van der Waals surface area contributed by atoms with Crippen LogP contribution in [-0.2, 0) is 6.42 Å². The van der Waals surface area contributed by atoms with Crippen molar-refractivity contribution in [2.45, 2.75) is 39.5 Å². The molecule has 2 unspecified atom stereocenters. The molecule has 1 heteroatoms. The molecule has 2 saturated carbocycles. The monoisotopic (exact) mass is 248 g/mol. The van der Waals surface area contributed by atoms with Crippen LogP contribution in [0, 0.1) is 31.1 Å². The number of halogens is 1. The van der Waals surface area contributed by atoms with Crippen LogP contribution in [0.3, 0.4) is 0 Å². The Morgan fingerprint density at radius 1 is 1.18 bits per heavy atom. The Balaban J connectivity index is 1.78. The molecule has 2 atom stereocenters. The second-order valence-corrected chi connectivity index (χ2v) is 6.66. The number of rotatable bonds is 3. The number of fused-ring (bicyclic) bond motifs is 1.